The zero-order valence-electron chi connectivity index (χ0n) is 10.7. The molecule has 3 N–H and O–H groups in total. The standard InChI is InChI=1S/C11H18N4O3/c1-7(2)9(16)6-13-11-8(15(17)18)4-5-10(12-3)14-11/h4-5,7,9,16H,6H2,1-3H3,(H2,12,13,14). The van der Waals surface area contributed by atoms with E-state index in [1.807, 2.05) is 13.8 Å². The maximum atomic E-state index is 10.8. The van der Waals surface area contributed by atoms with Crippen molar-refractivity contribution < 1.29 is 10.0 Å². The summed E-state index contributed by atoms with van der Waals surface area (Å²) in [5.74, 6) is 0.762. The van der Waals surface area contributed by atoms with Crippen molar-refractivity contribution in [1.82, 2.24) is 4.98 Å². The van der Waals surface area contributed by atoms with Gasteiger partial charge in [-0.1, -0.05) is 13.8 Å². The number of aliphatic hydroxyl groups is 1. The van der Waals surface area contributed by atoms with Gasteiger partial charge in [-0.3, -0.25) is 10.1 Å². The number of hydrogen-bond donors (Lipinski definition) is 3. The molecule has 0 aromatic carbocycles. The first-order chi connectivity index (χ1) is 8.45. The first-order valence-corrected chi connectivity index (χ1v) is 5.70. The fraction of sp³-hybridized carbons (Fsp3) is 0.545. The van der Waals surface area contributed by atoms with Crippen molar-refractivity contribution in [2.75, 3.05) is 24.2 Å². The van der Waals surface area contributed by atoms with Gasteiger partial charge < -0.3 is 15.7 Å². The second-order valence-electron chi connectivity index (χ2n) is 4.26. The maximum Gasteiger partial charge on any atom is 0.311 e. The van der Waals surface area contributed by atoms with Gasteiger partial charge in [-0.25, -0.2) is 4.98 Å². The van der Waals surface area contributed by atoms with Gasteiger partial charge in [0.1, 0.15) is 5.82 Å². The van der Waals surface area contributed by atoms with E-state index in [2.05, 4.69) is 15.6 Å². The highest BCUT2D eigenvalue weighted by Gasteiger charge is 2.17. The molecule has 0 saturated carbocycles. The number of rotatable bonds is 6. The van der Waals surface area contributed by atoms with Crippen LogP contribution in [0.3, 0.4) is 0 Å². The van der Waals surface area contributed by atoms with E-state index < -0.39 is 11.0 Å². The van der Waals surface area contributed by atoms with Gasteiger partial charge in [-0.05, 0) is 12.0 Å². The van der Waals surface area contributed by atoms with E-state index in [0.717, 1.165) is 0 Å². The molecule has 1 unspecified atom stereocenters. The molecule has 0 aliphatic heterocycles. The average molecular weight is 254 g/mol. The van der Waals surface area contributed by atoms with Crippen LogP contribution in [-0.4, -0.2) is 34.7 Å². The molecule has 18 heavy (non-hydrogen) atoms. The van der Waals surface area contributed by atoms with Crippen LogP contribution in [0.1, 0.15) is 13.8 Å². The summed E-state index contributed by atoms with van der Waals surface area (Å²) in [5, 5.41) is 26.1. The molecular weight excluding hydrogens is 236 g/mol. The fourth-order valence-electron chi connectivity index (χ4n) is 1.31. The minimum atomic E-state index is -0.579. The molecule has 0 fully saturated rings. The summed E-state index contributed by atoms with van der Waals surface area (Å²) in [6, 6.07) is 2.91. The lowest BCUT2D eigenvalue weighted by molar-refractivity contribution is -0.384. The quantitative estimate of drug-likeness (QED) is 0.525. The van der Waals surface area contributed by atoms with Crippen molar-refractivity contribution in [1.29, 1.82) is 0 Å². The Bertz CT molecular complexity index is 423. The summed E-state index contributed by atoms with van der Waals surface area (Å²) in [6.07, 6.45) is -0.579. The summed E-state index contributed by atoms with van der Waals surface area (Å²) in [7, 11) is 1.68. The molecule has 1 aromatic heterocycles. The Morgan fingerprint density at radius 1 is 1.50 bits per heavy atom. The third kappa shape index (κ3) is 3.56. The highest BCUT2D eigenvalue weighted by atomic mass is 16.6. The molecule has 1 heterocycles. The maximum absolute atomic E-state index is 10.8. The Labute approximate surface area is 105 Å². The predicted molar refractivity (Wildman–Crippen MR) is 69.8 cm³/mol. The molecule has 1 rings (SSSR count). The number of nitrogens with zero attached hydrogens (tertiary/aromatic N) is 2. The molecule has 0 amide bonds. The van der Waals surface area contributed by atoms with E-state index in [4.69, 9.17) is 0 Å². The minimum absolute atomic E-state index is 0.0732. The summed E-state index contributed by atoms with van der Waals surface area (Å²) in [5.41, 5.74) is -0.107. The number of pyridine rings is 1. The largest absolute Gasteiger partial charge is 0.391 e. The first-order valence-electron chi connectivity index (χ1n) is 5.70. The zero-order chi connectivity index (χ0) is 13.7. The van der Waals surface area contributed by atoms with Crippen molar-refractivity contribution in [3.63, 3.8) is 0 Å². The molecule has 0 aliphatic carbocycles. The van der Waals surface area contributed by atoms with Crippen LogP contribution in [0.25, 0.3) is 0 Å². The summed E-state index contributed by atoms with van der Waals surface area (Å²) in [6.45, 7) is 3.97. The molecule has 0 aliphatic rings. The van der Waals surface area contributed by atoms with Crippen LogP contribution < -0.4 is 10.6 Å². The normalized spacial score (nSPS) is 12.3. The average Bonchev–Trinajstić information content (AvgIpc) is 2.34. The SMILES string of the molecule is CNc1ccc([N+](=O)[O-])c(NCC(O)C(C)C)n1. The van der Waals surface area contributed by atoms with Gasteiger partial charge in [0.15, 0.2) is 0 Å². The van der Waals surface area contributed by atoms with Gasteiger partial charge in [0.2, 0.25) is 5.82 Å². The highest BCUT2D eigenvalue weighted by molar-refractivity contribution is 5.60. The van der Waals surface area contributed by atoms with E-state index in [0.29, 0.717) is 5.82 Å². The van der Waals surface area contributed by atoms with Crippen LogP contribution in [-0.2, 0) is 0 Å². The lowest BCUT2D eigenvalue weighted by Crippen LogP contribution is -2.25. The monoisotopic (exact) mass is 254 g/mol. The lowest BCUT2D eigenvalue weighted by atomic mass is 10.1. The van der Waals surface area contributed by atoms with Gasteiger partial charge in [0, 0.05) is 19.7 Å². The molecule has 7 heteroatoms. The molecule has 100 valence electrons. The second kappa shape index (κ2) is 6.15. The van der Waals surface area contributed by atoms with Crippen molar-refractivity contribution in [3.8, 4) is 0 Å². The minimum Gasteiger partial charge on any atom is -0.391 e. The van der Waals surface area contributed by atoms with E-state index in [1.54, 1.807) is 7.05 Å². The number of hydrogen-bond acceptors (Lipinski definition) is 6. The fourth-order valence-corrected chi connectivity index (χ4v) is 1.31. The number of nitro groups is 1. The van der Waals surface area contributed by atoms with E-state index in [-0.39, 0.29) is 24.0 Å². The zero-order valence-corrected chi connectivity index (χ0v) is 10.7. The predicted octanol–water partition coefficient (Wildman–Crippen LogP) is 1.46. The van der Waals surface area contributed by atoms with E-state index >= 15 is 0 Å². The van der Waals surface area contributed by atoms with Crippen LogP contribution in [0.2, 0.25) is 0 Å². The number of aromatic nitrogens is 1. The van der Waals surface area contributed by atoms with Gasteiger partial charge in [-0.15, -0.1) is 0 Å². The molecule has 1 aromatic rings. The number of anilines is 2. The van der Waals surface area contributed by atoms with Gasteiger partial charge in [0.25, 0.3) is 0 Å². The Morgan fingerprint density at radius 3 is 2.67 bits per heavy atom. The Kier molecular flexibility index (Phi) is 4.85. The van der Waals surface area contributed by atoms with Crippen molar-refractivity contribution >= 4 is 17.3 Å². The Hall–Kier alpha value is -1.89. The molecule has 0 saturated heterocycles. The van der Waals surface area contributed by atoms with Gasteiger partial charge >= 0.3 is 5.69 Å². The van der Waals surface area contributed by atoms with Crippen molar-refractivity contribution in [2.24, 2.45) is 5.92 Å². The molecular formula is C11H18N4O3. The second-order valence-corrected chi connectivity index (χ2v) is 4.26. The van der Waals surface area contributed by atoms with Crippen LogP contribution >= 0.6 is 0 Å². The molecule has 0 radical (unpaired) electrons. The van der Waals surface area contributed by atoms with Crippen LogP contribution in [0.4, 0.5) is 17.3 Å². The Balaban J connectivity index is 2.87. The van der Waals surface area contributed by atoms with E-state index in [9.17, 15) is 15.2 Å². The molecule has 0 spiro atoms. The van der Waals surface area contributed by atoms with Crippen LogP contribution in [0.5, 0.6) is 0 Å². The van der Waals surface area contributed by atoms with Crippen molar-refractivity contribution in [2.45, 2.75) is 20.0 Å². The van der Waals surface area contributed by atoms with Gasteiger partial charge in [-0.2, -0.15) is 0 Å². The summed E-state index contributed by atoms with van der Waals surface area (Å²) in [4.78, 5) is 14.4. The topological polar surface area (TPSA) is 100 Å². The third-order valence-electron chi connectivity index (χ3n) is 2.57. The summed E-state index contributed by atoms with van der Waals surface area (Å²) >= 11 is 0. The number of nitrogens with one attached hydrogen (secondary N) is 2. The number of aliphatic hydroxyl groups excluding tert-OH is 1. The summed E-state index contributed by atoms with van der Waals surface area (Å²) < 4.78 is 0. The van der Waals surface area contributed by atoms with Crippen LogP contribution in [0, 0.1) is 16.0 Å². The molecule has 7 nitrogen and oxygen atoms in total. The van der Waals surface area contributed by atoms with Crippen molar-refractivity contribution in [3.05, 3.63) is 22.2 Å². The third-order valence-corrected chi connectivity index (χ3v) is 2.57. The highest BCUT2D eigenvalue weighted by Crippen LogP contribution is 2.23. The molecule has 0 bridgehead atoms. The first kappa shape index (κ1) is 14.2. The lowest BCUT2D eigenvalue weighted by Gasteiger charge is -2.15. The van der Waals surface area contributed by atoms with Crippen LogP contribution in [0.15, 0.2) is 12.1 Å². The van der Waals surface area contributed by atoms with E-state index in [1.165, 1.54) is 12.1 Å². The smallest absolute Gasteiger partial charge is 0.311 e. The molecule has 1 atom stereocenters. The van der Waals surface area contributed by atoms with Gasteiger partial charge in [0.05, 0.1) is 11.0 Å². The Morgan fingerprint density at radius 2 is 2.17 bits per heavy atom.